The Labute approximate surface area is 141 Å². The van der Waals surface area contributed by atoms with Crippen LogP contribution in [0.15, 0.2) is 24.3 Å². The van der Waals surface area contributed by atoms with Gasteiger partial charge in [-0.1, -0.05) is 42.8 Å². The minimum Gasteiger partial charge on any atom is -0.481 e. The number of rotatable bonds is 6. The van der Waals surface area contributed by atoms with Gasteiger partial charge < -0.3 is 10.4 Å². The average molecular weight is 360 g/mol. The van der Waals surface area contributed by atoms with Crippen molar-refractivity contribution in [2.24, 2.45) is 11.3 Å². The van der Waals surface area contributed by atoms with Gasteiger partial charge in [0, 0.05) is 6.54 Å². The average Bonchev–Trinajstić information content (AvgIpc) is 2.94. The first kappa shape index (κ1) is 18.1. The molecule has 0 aromatic carbocycles. The fourth-order valence-corrected chi connectivity index (χ4v) is 2.82. The van der Waals surface area contributed by atoms with Crippen molar-refractivity contribution >= 4 is 23.5 Å². The third kappa shape index (κ3) is 3.33. The van der Waals surface area contributed by atoms with Crippen molar-refractivity contribution in [2.75, 3.05) is 6.54 Å². The fraction of sp³-hybridized carbons (Fsp3) is 0.400. The second-order valence-corrected chi connectivity index (χ2v) is 5.91. The van der Waals surface area contributed by atoms with E-state index < -0.39 is 40.9 Å². The quantitative estimate of drug-likeness (QED) is 0.727. The van der Waals surface area contributed by atoms with Crippen molar-refractivity contribution in [2.45, 2.75) is 19.8 Å². The Balaban J connectivity index is 2.11. The van der Waals surface area contributed by atoms with E-state index in [-0.39, 0.29) is 18.1 Å². The number of alkyl halides is 2. The molecule has 0 spiro atoms. The molecule has 1 aromatic heterocycles. The number of carboxylic acid groups (broad SMARTS) is 1. The fourth-order valence-electron chi connectivity index (χ4n) is 2.59. The molecule has 0 saturated carbocycles. The molecule has 2 atom stereocenters. The molecule has 9 heteroatoms. The van der Waals surface area contributed by atoms with Gasteiger partial charge in [0.05, 0.1) is 5.41 Å². The number of aromatic nitrogens is 2. The zero-order chi connectivity index (χ0) is 17.9. The number of carbonyl (C=O) groups excluding carboxylic acids is 1. The number of nitrogens with one attached hydrogen (secondary N) is 2. The smallest absolute Gasteiger partial charge is 0.314 e. The third-order valence-electron chi connectivity index (χ3n) is 4.14. The molecule has 2 unspecified atom stereocenters. The minimum absolute atomic E-state index is 0.0203. The molecular weight excluding hydrogens is 344 g/mol. The van der Waals surface area contributed by atoms with Gasteiger partial charge in [-0.3, -0.25) is 14.7 Å². The molecule has 0 fully saturated rings. The number of hydrogen-bond donors (Lipinski definition) is 3. The number of amides is 1. The summed E-state index contributed by atoms with van der Waals surface area (Å²) in [5.41, 5.74) is -2.26. The zero-order valence-electron chi connectivity index (χ0n) is 12.7. The lowest BCUT2D eigenvalue weighted by Crippen LogP contribution is -2.42. The number of allylic oxidation sites excluding steroid dienone is 3. The standard InChI is InChI=1S/C15H16ClF2N3O3/c1-8(15(14(23)24)5-3-2-4-6-15)7-19-13(22)9-10(12(17)18)20-21-11(9)16/h2-5,8,12H,6-7H2,1H3,(H,19,22)(H,20,21)(H,23,24). The van der Waals surface area contributed by atoms with Crippen LogP contribution in [0.1, 0.15) is 35.8 Å². The molecule has 6 nitrogen and oxygen atoms in total. The number of aromatic amines is 1. The van der Waals surface area contributed by atoms with Gasteiger partial charge in [-0.2, -0.15) is 5.10 Å². The number of halogens is 3. The number of carboxylic acids is 1. The molecule has 0 radical (unpaired) electrons. The Hall–Kier alpha value is -2.22. The van der Waals surface area contributed by atoms with Gasteiger partial charge in [-0.25, -0.2) is 8.78 Å². The summed E-state index contributed by atoms with van der Waals surface area (Å²) >= 11 is 5.67. The summed E-state index contributed by atoms with van der Waals surface area (Å²) in [4.78, 5) is 23.8. The highest BCUT2D eigenvalue weighted by Gasteiger charge is 2.41. The Morgan fingerprint density at radius 1 is 1.50 bits per heavy atom. The first-order valence-corrected chi connectivity index (χ1v) is 7.55. The van der Waals surface area contributed by atoms with Crippen LogP contribution < -0.4 is 5.32 Å². The van der Waals surface area contributed by atoms with Crippen LogP contribution in [0.5, 0.6) is 0 Å². The number of nitrogens with zero attached hydrogens (tertiary/aromatic N) is 1. The van der Waals surface area contributed by atoms with Crippen molar-refractivity contribution in [3.05, 3.63) is 40.7 Å². The predicted octanol–water partition coefficient (Wildman–Crippen LogP) is 2.95. The third-order valence-corrected chi connectivity index (χ3v) is 4.41. The van der Waals surface area contributed by atoms with Gasteiger partial charge in [-0.05, 0) is 12.3 Å². The van der Waals surface area contributed by atoms with Crippen LogP contribution in [-0.2, 0) is 4.79 Å². The van der Waals surface area contributed by atoms with Gasteiger partial charge in [0.15, 0.2) is 5.15 Å². The molecule has 1 aliphatic carbocycles. The van der Waals surface area contributed by atoms with Crippen LogP contribution in [0.25, 0.3) is 0 Å². The Kier molecular flexibility index (Phi) is 5.38. The van der Waals surface area contributed by atoms with E-state index in [1.54, 1.807) is 31.2 Å². The van der Waals surface area contributed by atoms with Crippen molar-refractivity contribution in [3.63, 3.8) is 0 Å². The highest BCUT2D eigenvalue weighted by molar-refractivity contribution is 6.32. The van der Waals surface area contributed by atoms with Crippen LogP contribution in [0.3, 0.4) is 0 Å². The Bertz CT molecular complexity index is 702. The molecule has 0 bridgehead atoms. The number of carbonyl (C=O) groups is 2. The van der Waals surface area contributed by atoms with Gasteiger partial charge in [0.2, 0.25) is 0 Å². The van der Waals surface area contributed by atoms with E-state index in [1.165, 1.54) is 0 Å². The maximum absolute atomic E-state index is 12.9. The maximum atomic E-state index is 12.9. The van der Waals surface area contributed by atoms with E-state index >= 15 is 0 Å². The Morgan fingerprint density at radius 3 is 2.75 bits per heavy atom. The molecule has 3 N–H and O–H groups in total. The molecule has 1 amide bonds. The monoisotopic (exact) mass is 359 g/mol. The SMILES string of the molecule is CC(CNC(=O)c1c(Cl)n[nH]c1C(F)F)C1(C(=O)O)C=CC=CC1. The second-order valence-electron chi connectivity index (χ2n) is 5.55. The van der Waals surface area contributed by atoms with Gasteiger partial charge in [-0.15, -0.1) is 0 Å². The molecule has 1 heterocycles. The molecule has 2 rings (SSSR count). The Morgan fingerprint density at radius 2 is 2.21 bits per heavy atom. The van der Waals surface area contributed by atoms with Crippen LogP contribution in [0, 0.1) is 11.3 Å². The topological polar surface area (TPSA) is 95.1 Å². The molecule has 24 heavy (non-hydrogen) atoms. The summed E-state index contributed by atoms with van der Waals surface area (Å²) < 4.78 is 25.7. The summed E-state index contributed by atoms with van der Waals surface area (Å²) in [5, 5.41) is 17.1. The first-order chi connectivity index (χ1) is 11.3. The van der Waals surface area contributed by atoms with Gasteiger partial charge in [0.1, 0.15) is 11.3 Å². The largest absolute Gasteiger partial charge is 0.481 e. The van der Waals surface area contributed by atoms with Crippen LogP contribution >= 0.6 is 11.6 Å². The lowest BCUT2D eigenvalue weighted by molar-refractivity contribution is -0.148. The van der Waals surface area contributed by atoms with Gasteiger partial charge >= 0.3 is 5.97 Å². The molecular formula is C15H16ClF2N3O3. The van der Waals surface area contributed by atoms with E-state index in [9.17, 15) is 23.5 Å². The lowest BCUT2D eigenvalue weighted by Gasteiger charge is -2.33. The summed E-state index contributed by atoms with van der Waals surface area (Å²) in [6.07, 6.45) is 4.03. The van der Waals surface area contributed by atoms with E-state index in [2.05, 4.69) is 10.4 Å². The summed E-state index contributed by atoms with van der Waals surface area (Å²) in [5.74, 6) is -2.31. The van der Waals surface area contributed by atoms with E-state index in [4.69, 9.17) is 11.6 Å². The molecule has 130 valence electrons. The van der Waals surface area contributed by atoms with Crippen LogP contribution in [0.2, 0.25) is 5.15 Å². The van der Waals surface area contributed by atoms with Crippen molar-refractivity contribution in [3.8, 4) is 0 Å². The predicted molar refractivity (Wildman–Crippen MR) is 83.0 cm³/mol. The molecule has 0 aliphatic heterocycles. The summed E-state index contributed by atoms with van der Waals surface area (Å²) in [7, 11) is 0. The molecule has 1 aromatic rings. The van der Waals surface area contributed by atoms with Gasteiger partial charge in [0.25, 0.3) is 12.3 Å². The number of H-pyrrole nitrogens is 1. The number of aliphatic carboxylic acids is 1. The highest BCUT2D eigenvalue weighted by atomic mass is 35.5. The summed E-state index contributed by atoms with van der Waals surface area (Å²) in [6.45, 7) is 1.65. The maximum Gasteiger partial charge on any atom is 0.314 e. The first-order valence-electron chi connectivity index (χ1n) is 7.17. The zero-order valence-corrected chi connectivity index (χ0v) is 13.5. The van der Waals surface area contributed by atoms with Crippen molar-refractivity contribution < 1.29 is 23.5 Å². The van der Waals surface area contributed by atoms with Crippen LogP contribution in [0.4, 0.5) is 8.78 Å². The van der Waals surface area contributed by atoms with Crippen molar-refractivity contribution in [1.82, 2.24) is 15.5 Å². The lowest BCUT2D eigenvalue weighted by atomic mass is 9.71. The molecule has 1 aliphatic rings. The molecule has 0 saturated heterocycles. The number of hydrogen-bond acceptors (Lipinski definition) is 3. The van der Waals surface area contributed by atoms with E-state index in [0.717, 1.165) is 0 Å². The second kappa shape index (κ2) is 7.12. The van der Waals surface area contributed by atoms with E-state index in [0.29, 0.717) is 0 Å². The normalized spacial score (nSPS) is 21.0. The summed E-state index contributed by atoms with van der Waals surface area (Å²) in [6, 6.07) is 0. The van der Waals surface area contributed by atoms with E-state index in [1.807, 2.05) is 5.10 Å². The van der Waals surface area contributed by atoms with Crippen molar-refractivity contribution in [1.29, 1.82) is 0 Å². The minimum atomic E-state index is -2.93. The van der Waals surface area contributed by atoms with Crippen LogP contribution in [-0.4, -0.2) is 33.7 Å². The highest BCUT2D eigenvalue weighted by Crippen LogP contribution is 2.36.